The molecule has 452 valence electrons. The van der Waals surface area contributed by atoms with Crippen molar-refractivity contribution >= 4 is 0 Å². The molecule has 0 spiro atoms. The molecule has 8 rings (SSSR count). The lowest BCUT2D eigenvalue weighted by Gasteiger charge is -2.67. The number of hydrogen-bond acceptors (Lipinski definition) is 23. The first-order chi connectivity index (χ1) is 36.5. The van der Waals surface area contributed by atoms with Gasteiger partial charge in [0.1, 0.15) is 91.6 Å². The fraction of sp³-hybridized carbons (Fsp3) is 0.964. The van der Waals surface area contributed by atoms with E-state index in [0.29, 0.717) is 38.5 Å². The van der Waals surface area contributed by atoms with Gasteiger partial charge in [0.2, 0.25) is 0 Å². The standard InChI is InChI=1S/C55H94O23/c1-10-27-35(60)41(66)46(78-48-43(68)40(65)37(62)29(21-57)73-48)50(71-27)76-34(52(5,6)70)15-11-23(2)24-17-18-53(7)31-14-12-25-26(55(31,9)32(59)19-54(24,53)8)13-16-33(51(25,3)4)75-49-44(69)45(38(63)30(22-58)74-49)77-47-42(67)39(64)36(61)28(20-56)72-47/h12,23-24,26-50,56-70H,10-11,13-22H2,1-9H3/t23-,24?,26?,27-,28-,29-,30-,31?,32-,33+,34-,35-,36-,37-,38-,39+,40+,41+,42-,43-,44-,45+,46-,47+,48+,49+,50+,53+,54-,55+/m1/s1. The number of aliphatic hydroxyl groups excluding tert-OH is 14. The number of aliphatic hydroxyl groups is 15. The maximum atomic E-state index is 12.8. The Morgan fingerprint density at radius 1 is 0.590 bits per heavy atom. The third-order valence-corrected chi connectivity index (χ3v) is 21.0. The van der Waals surface area contributed by atoms with E-state index >= 15 is 0 Å². The Labute approximate surface area is 457 Å². The first-order valence-electron chi connectivity index (χ1n) is 28.4. The Morgan fingerprint density at radius 3 is 1.64 bits per heavy atom. The van der Waals surface area contributed by atoms with Crippen LogP contribution in [0.4, 0.5) is 0 Å². The van der Waals surface area contributed by atoms with Crippen LogP contribution in [0.15, 0.2) is 11.6 Å². The fourth-order valence-electron chi connectivity index (χ4n) is 15.9. The molecule has 4 saturated heterocycles. The summed E-state index contributed by atoms with van der Waals surface area (Å²) in [7, 11) is 0. The minimum atomic E-state index is -1.82. The molecule has 0 amide bonds. The summed E-state index contributed by atoms with van der Waals surface area (Å²) in [4.78, 5) is 0. The zero-order valence-corrected chi connectivity index (χ0v) is 46.6. The largest absolute Gasteiger partial charge is 0.394 e. The van der Waals surface area contributed by atoms with E-state index in [2.05, 4.69) is 47.6 Å². The van der Waals surface area contributed by atoms with Crippen LogP contribution in [-0.4, -0.2) is 243 Å². The SMILES string of the molecule is CC[C@H]1O[C@@H](O[C@H](CC[C@@H](C)C2CC[C@@]3(C)C4CC=C5C(CC[C@H](O[C@@H]6O[C@H](CO)[C@@H](O)[C@H](O[C@@H]7O[C@H](CO)[C@@H](O)[C@H](O)[C@H]7O)[C@H]6O)C5(C)C)[C@]4(C)[C@H](O)C[C@]23C)C(C)(C)O)[C@H](O[C@@H]2O[C@H](CO)[C@@H](O)[C@H](O)[C@H]2O)[C@@H](O)[C@@H]1O. The Bertz CT molecular complexity index is 2020. The van der Waals surface area contributed by atoms with E-state index in [9.17, 15) is 76.6 Å². The van der Waals surface area contributed by atoms with E-state index in [4.69, 9.17) is 37.9 Å². The molecular weight excluding hydrogens is 1030 g/mol. The van der Waals surface area contributed by atoms with Crippen LogP contribution >= 0.6 is 0 Å². The monoisotopic (exact) mass is 1120 g/mol. The Kier molecular flexibility index (Phi) is 19.1. The predicted octanol–water partition coefficient (Wildman–Crippen LogP) is -1.81. The maximum absolute atomic E-state index is 12.8. The Morgan fingerprint density at radius 2 is 1.10 bits per heavy atom. The van der Waals surface area contributed by atoms with Crippen molar-refractivity contribution in [1.82, 2.24) is 0 Å². The van der Waals surface area contributed by atoms with Gasteiger partial charge in [0, 0.05) is 10.8 Å². The van der Waals surface area contributed by atoms with Crippen LogP contribution in [0.1, 0.15) is 120 Å². The number of hydrogen-bond donors (Lipinski definition) is 15. The molecular formula is C55H94O23. The molecule has 8 aliphatic rings. The van der Waals surface area contributed by atoms with E-state index in [1.165, 1.54) is 0 Å². The van der Waals surface area contributed by atoms with Gasteiger partial charge in [-0.1, -0.05) is 60.1 Å². The van der Waals surface area contributed by atoms with Gasteiger partial charge < -0.3 is 114 Å². The third-order valence-electron chi connectivity index (χ3n) is 21.0. The van der Waals surface area contributed by atoms with E-state index in [0.717, 1.165) is 18.4 Å². The van der Waals surface area contributed by atoms with E-state index < -0.39 is 177 Å². The molecule has 3 unspecified atom stereocenters. The number of fused-ring (bicyclic) bond motifs is 5. The van der Waals surface area contributed by atoms with Gasteiger partial charge in [-0.2, -0.15) is 0 Å². The second-order valence-electron chi connectivity index (χ2n) is 26.1. The molecule has 4 aliphatic carbocycles. The molecule has 23 heteroatoms. The van der Waals surface area contributed by atoms with Gasteiger partial charge in [0.15, 0.2) is 25.2 Å². The van der Waals surface area contributed by atoms with Gasteiger partial charge in [0.05, 0.1) is 49.8 Å². The van der Waals surface area contributed by atoms with Crippen LogP contribution in [0.2, 0.25) is 0 Å². The van der Waals surface area contributed by atoms with Gasteiger partial charge in [0.25, 0.3) is 0 Å². The zero-order chi connectivity index (χ0) is 57.5. The maximum Gasteiger partial charge on any atom is 0.187 e. The fourth-order valence-corrected chi connectivity index (χ4v) is 15.9. The number of ether oxygens (including phenoxy) is 8. The quantitative estimate of drug-likeness (QED) is 0.0714. The number of allylic oxidation sites excluding steroid dienone is 1. The van der Waals surface area contributed by atoms with Crippen LogP contribution in [0.5, 0.6) is 0 Å². The predicted molar refractivity (Wildman–Crippen MR) is 271 cm³/mol. The van der Waals surface area contributed by atoms with Gasteiger partial charge in [-0.15, -0.1) is 0 Å². The van der Waals surface area contributed by atoms with Gasteiger partial charge in [-0.05, 0) is 106 Å². The molecule has 4 aliphatic heterocycles. The van der Waals surface area contributed by atoms with Crippen molar-refractivity contribution in [3.63, 3.8) is 0 Å². The van der Waals surface area contributed by atoms with E-state index in [1.54, 1.807) is 20.8 Å². The summed E-state index contributed by atoms with van der Waals surface area (Å²) in [5, 5.41) is 163. The van der Waals surface area contributed by atoms with Crippen molar-refractivity contribution in [2.45, 2.75) is 267 Å². The minimum Gasteiger partial charge on any atom is -0.394 e. The number of rotatable bonds is 17. The van der Waals surface area contributed by atoms with Gasteiger partial charge in [-0.25, -0.2) is 0 Å². The van der Waals surface area contributed by atoms with Crippen LogP contribution in [0.25, 0.3) is 0 Å². The molecule has 0 aromatic heterocycles. The highest BCUT2D eigenvalue weighted by molar-refractivity contribution is 5.32. The molecule has 15 N–H and O–H groups in total. The van der Waals surface area contributed by atoms with Crippen molar-refractivity contribution in [3.05, 3.63) is 11.6 Å². The van der Waals surface area contributed by atoms with Crippen molar-refractivity contribution in [2.75, 3.05) is 19.8 Å². The first-order valence-corrected chi connectivity index (χ1v) is 28.4. The van der Waals surface area contributed by atoms with Crippen molar-refractivity contribution < 1.29 is 114 Å². The Balaban J connectivity index is 0.957. The molecule has 7 fully saturated rings. The lowest BCUT2D eigenvalue weighted by atomic mass is 9.38. The molecule has 4 heterocycles. The van der Waals surface area contributed by atoms with E-state index in [-0.39, 0.29) is 40.9 Å². The summed E-state index contributed by atoms with van der Waals surface area (Å²) in [6.07, 6.45) is -25.3. The molecule has 3 saturated carbocycles. The van der Waals surface area contributed by atoms with Crippen molar-refractivity contribution in [2.24, 2.45) is 45.3 Å². The van der Waals surface area contributed by atoms with Crippen LogP contribution in [-0.2, 0) is 37.9 Å². The summed E-state index contributed by atoms with van der Waals surface area (Å²) < 4.78 is 48.3. The molecule has 78 heavy (non-hydrogen) atoms. The minimum absolute atomic E-state index is 0.0300. The summed E-state index contributed by atoms with van der Waals surface area (Å²) in [6.45, 7) is 16.1. The normalized spacial score (nSPS) is 51.4. The molecule has 0 radical (unpaired) electrons. The Hall–Kier alpha value is -1.18. The van der Waals surface area contributed by atoms with Crippen LogP contribution in [0, 0.1) is 45.3 Å². The highest BCUT2D eigenvalue weighted by Gasteiger charge is 2.70. The summed E-state index contributed by atoms with van der Waals surface area (Å²) >= 11 is 0. The molecule has 0 aromatic carbocycles. The molecule has 23 nitrogen and oxygen atoms in total. The van der Waals surface area contributed by atoms with Gasteiger partial charge >= 0.3 is 0 Å². The summed E-state index contributed by atoms with van der Waals surface area (Å²) in [6, 6.07) is 0. The smallest absolute Gasteiger partial charge is 0.187 e. The van der Waals surface area contributed by atoms with Gasteiger partial charge in [-0.3, -0.25) is 0 Å². The highest BCUT2D eigenvalue weighted by Crippen LogP contribution is 2.75. The summed E-state index contributed by atoms with van der Waals surface area (Å²) in [5.41, 5.74) is -2.02. The van der Waals surface area contributed by atoms with Crippen LogP contribution in [0.3, 0.4) is 0 Å². The average molecular weight is 1120 g/mol. The average Bonchev–Trinajstić information content (AvgIpc) is 3.76. The molecule has 0 aromatic rings. The summed E-state index contributed by atoms with van der Waals surface area (Å²) in [5.74, 6) is 0.316. The second-order valence-corrected chi connectivity index (χ2v) is 26.1. The van der Waals surface area contributed by atoms with Crippen molar-refractivity contribution in [1.29, 1.82) is 0 Å². The zero-order valence-electron chi connectivity index (χ0n) is 46.6. The lowest BCUT2D eigenvalue weighted by molar-refractivity contribution is -0.374. The first kappa shape index (κ1) is 62.9. The topological polar surface area (TPSA) is 377 Å². The third kappa shape index (κ3) is 10.9. The van der Waals surface area contributed by atoms with E-state index in [1.807, 2.05) is 0 Å². The van der Waals surface area contributed by atoms with Crippen molar-refractivity contribution in [3.8, 4) is 0 Å². The van der Waals surface area contributed by atoms with Crippen LogP contribution < -0.4 is 0 Å². The highest BCUT2D eigenvalue weighted by atomic mass is 16.8. The molecule has 0 bridgehead atoms. The lowest BCUT2D eigenvalue weighted by Crippen LogP contribution is -2.66. The second kappa shape index (κ2) is 23.7. The molecule has 30 atom stereocenters.